The summed E-state index contributed by atoms with van der Waals surface area (Å²) in [6.07, 6.45) is 0.0557. The normalized spacial score (nSPS) is 10.4. The van der Waals surface area contributed by atoms with E-state index in [1.54, 1.807) is 5.51 Å². The summed E-state index contributed by atoms with van der Waals surface area (Å²) < 4.78 is 5.10. The molecule has 1 aromatic rings. The molecular weight excluding hydrogens is 190 g/mol. The summed E-state index contributed by atoms with van der Waals surface area (Å²) >= 11 is 1.28. The fraction of sp³-hybridized carbons (Fsp3) is 0.571. The quantitative estimate of drug-likeness (QED) is 0.786. The number of rotatable bonds is 4. The highest BCUT2D eigenvalue weighted by atomic mass is 32.1. The van der Waals surface area contributed by atoms with Crippen LogP contribution in [0.15, 0.2) is 5.51 Å². The van der Waals surface area contributed by atoms with Crippen LogP contribution in [0.1, 0.15) is 13.8 Å². The van der Waals surface area contributed by atoms with E-state index in [2.05, 4.69) is 15.5 Å². The maximum Gasteiger partial charge on any atom is 0.252 e. The first-order chi connectivity index (χ1) is 6.18. The SMILES string of the molecule is CC(C)OCC(=O)Nc1nncs1. The van der Waals surface area contributed by atoms with Gasteiger partial charge in [-0.1, -0.05) is 11.3 Å². The standard InChI is InChI=1S/C7H11N3O2S/c1-5(2)12-3-6(11)9-7-10-8-4-13-7/h4-5H,3H2,1-2H3,(H,9,10,11). The van der Waals surface area contributed by atoms with Crippen LogP contribution in [0.5, 0.6) is 0 Å². The first kappa shape index (κ1) is 10.1. The molecule has 1 amide bonds. The number of anilines is 1. The lowest BCUT2D eigenvalue weighted by Crippen LogP contribution is -2.20. The van der Waals surface area contributed by atoms with Crippen molar-refractivity contribution >= 4 is 22.4 Å². The predicted octanol–water partition coefficient (Wildman–Crippen LogP) is 0.902. The number of carbonyl (C=O) groups is 1. The van der Waals surface area contributed by atoms with Gasteiger partial charge in [-0.15, -0.1) is 10.2 Å². The van der Waals surface area contributed by atoms with E-state index in [0.717, 1.165) is 0 Å². The molecule has 0 atom stereocenters. The molecular formula is C7H11N3O2S. The lowest BCUT2D eigenvalue weighted by atomic mass is 10.5. The second-order valence-corrected chi connectivity index (χ2v) is 3.49. The molecule has 13 heavy (non-hydrogen) atoms. The van der Waals surface area contributed by atoms with Gasteiger partial charge in [0.05, 0.1) is 6.10 Å². The van der Waals surface area contributed by atoms with Crippen LogP contribution in [0.3, 0.4) is 0 Å². The molecule has 1 aromatic heterocycles. The lowest BCUT2D eigenvalue weighted by Gasteiger charge is -2.05. The maximum atomic E-state index is 11.1. The van der Waals surface area contributed by atoms with E-state index in [4.69, 9.17) is 4.74 Å². The zero-order valence-electron chi connectivity index (χ0n) is 7.48. The Morgan fingerprint density at radius 2 is 2.54 bits per heavy atom. The van der Waals surface area contributed by atoms with Crippen molar-refractivity contribution in [3.63, 3.8) is 0 Å². The molecule has 72 valence electrons. The van der Waals surface area contributed by atoms with Gasteiger partial charge in [-0.3, -0.25) is 10.1 Å². The zero-order chi connectivity index (χ0) is 9.68. The van der Waals surface area contributed by atoms with Crippen LogP contribution in [0.25, 0.3) is 0 Å². The van der Waals surface area contributed by atoms with Gasteiger partial charge in [-0.05, 0) is 13.8 Å². The van der Waals surface area contributed by atoms with Crippen LogP contribution in [0, 0.1) is 0 Å². The highest BCUT2D eigenvalue weighted by Gasteiger charge is 2.05. The van der Waals surface area contributed by atoms with Gasteiger partial charge in [0.2, 0.25) is 5.13 Å². The molecule has 0 fully saturated rings. The van der Waals surface area contributed by atoms with Gasteiger partial charge >= 0.3 is 0 Å². The molecule has 0 bridgehead atoms. The largest absolute Gasteiger partial charge is 0.369 e. The molecule has 6 heteroatoms. The van der Waals surface area contributed by atoms with Crippen molar-refractivity contribution in [3.05, 3.63) is 5.51 Å². The van der Waals surface area contributed by atoms with E-state index >= 15 is 0 Å². The highest BCUT2D eigenvalue weighted by molar-refractivity contribution is 7.13. The number of ether oxygens (including phenoxy) is 1. The van der Waals surface area contributed by atoms with Crippen molar-refractivity contribution in [2.45, 2.75) is 20.0 Å². The molecule has 0 saturated heterocycles. The first-order valence-corrected chi connectivity index (χ1v) is 4.74. The second-order valence-electron chi connectivity index (χ2n) is 2.65. The fourth-order valence-electron chi connectivity index (χ4n) is 0.625. The molecule has 1 heterocycles. The van der Waals surface area contributed by atoms with Crippen LogP contribution in [0.2, 0.25) is 0 Å². The maximum absolute atomic E-state index is 11.1. The van der Waals surface area contributed by atoms with Gasteiger partial charge in [0.25, 0.3) is 5.91 Å². The van der Waals surface area contributed by atoms with Gasteiger partial charge in [0, 0.05) is 0 Å². The Morgan fingerprint density at radius 1 is 1.77 bits per heavy atom. The topological polar surface area (TPSA) is 64.1 Å². The molecule has 0 radical (unpaired) electrons. The number of aromatic nitrogens is 2. The van der Waals surface area contributed by atoms with Gasteiger partial charge in [-0.25, -0.2) is 0 Å². The van der Waals surface area contributed by atoms with Crippen molar-refractivity contribution in [3.8, 4) is 0 Å². The minimum Gasteiger partial charge on any atom is -0.369 e. The summed E-state index contributed by atoms with van der Waals surface area (Å²) in [6, 6.07) is 0. The van der Waals surface area contributed by atoms with Crippen molar-refractivity contribution in [2.75, 3.05) is 11.9 Å². The summed E-state index contributed by atoms with van der Waals surface area (Å²) in [6.45, 7) is 3.80. The number of nitrogens with zero attached hydrogens (tertiary/aromatic N) is 2. The minimum atomic E-state index is -0.203. The minimum absolute atomic E-state index is 0.0528. The van der Waals surface area contributed by atoms with Crippen LogP contribution in [0.4, 0.5) is 5.13 Å². The summed E-state index contributed by atoms with van der Waals surface area (Å²) in [5, 5.41) is 10.3. The van der Waals surface area contributed by atoms with Crippen LogP contribution < -0.4 is 5.32 Å². The Labute approximate surface area is 80.1 Å². The van der Waals surface area contributed by atoms with Gasteiger partial charge < -0.3 is 4.74 Å². The molecule has 1 rings (SSSR count). The summed E-state index contributed by atoms with van der Waals surface area (Å²) in [7, 11) is 0. The Bertz CT molecular complexity index is 261. The summed E-state index contributed by atoms with van der Waals surface area (Å²) in [4.78, 5) is 11.1. The zero-order valence-corrected chi connectivity index (χ0v) is 8.30. The molecule has 5 nitrogen and oxygen atoms in total. The highest BCUT2D eigenvalue weighted by Crippen LogP contribution is 2.07. The van der Waals surface area contributed by atoms with E-state index < -0.39 is 0 Å². The van der Waals surface area contributed by atoms with E-state index in [9.17, 15) is 4.79 Å². The Hall–Kier alpha value is -1.01. The van der Waals surface area contributed by atoms with Crippen molar-refractivity contribution in [1.29, 1.82) is 0 Å². The van der Waals surface area contributed by atoms with Crippen molar-refractivity contribution in [2.24, 2.45) is 0 Å². The second kappa shape index (κ2) is 4.88. The molecule has 1 N–H and O–H groups in total. The molecule has 0 aliphatic rings. The monoisotopic (exact) mass is 201 g/mol. The summed E-state index contributed by atoms with van der Waals surface area (Å²) in [5.74, 6) is -0.203. The Morgan fingerprint density at radius 3 is 3.08 bits per heavy atom. The molecule has 0 aliphatic carbocycles. The van der Waals surface area contributed by atoms with Crippen LogP contribution >= 0.6 is 11.3 Å². The number of amides is 1. The molecule has 0 saturated carbocycles. The first-order valence-electron chi connectivity index (χ1n) is 3.86. The van der Waals surface area contributed by atoms with E-state index in [1.807, 2.05) is 13.8 Å². The third kappa shape index (κ3) is 3.95. The molecule has 0 unspecified atom stereocenters. The fourth-order valence-corrected chi connectivity index (χ4v) is 1.09. The van der Waals surface area contributed by atoms with Crippen LogP contribution in [-0.2, 0) is 9.53 Å². The average Bonchev–Trinajstić information content (AvgIpc) is 2.53. The Balaban J connectivity index is 2.26. The van der Waals surface area contributed by atoms with Gasteiger partial charge in [0.1, 0.15) is 12.1 Å². The molecule has 0 aliphatic heterocycles. The van der Waals surface area contributed by atoms with Crippen molar-refractivity contribution < 1.29 is 9.53 Å². The van der Waals surface area contributed by atoms with Crippen LogP contribution in [-0.4, -0.2) is 28.8 Å². The lowest BCUT2D eigenvalue weighted by molar-refractivity contribution is -0.121. The number of hydrogen-bond donors (Lipinski definition) is 1. The average molecular weight is 201 g/mol. The van der Waals surface area contributed by atoms with E-state index in [-0.39, 0.29) is 18.6 Å². The third-order valence-corrected chi connectivity index (χ3v) is 1.76. The molecule has 0 spiro atoms. The number of nitrogens with one attached hydrogen (secondary N) is 1. The number of hydrogen-bond acceptors (Lipinski definition) is 5. The summed E-state index contributed by atoms with van der Waals surface area (Å²) in [5.41, 5.74) is 1.55. The predicted molar refractivity (Wildman–Crippen MR) is 49.6 cm³/mol. The van der Waals surface area contributed by atoms with Crippen molar-refractivity contribution in [1.82, 2.24) is 10.2 Å². The number of carbonyl (C=O) groups excluding carboxylic acids is 1. The third-order valence-electron chi connectivity index (χ3n) is 1.15. The van der Waals surface area contributed by atoms with Gasteiger partial charge in [0.15, 0.2) is 0 Å². The smallest absolute Gasteiger partial charge is 0.252 e. The van der Waals surface area contributed by atoms with E-state index in [0.29, 0.717) is 5.13 Å². The van der Waals surface area contributed by atoms with E-state index in [1.165, 1.54) is 11.3 Å². The van der Waals surface area contributed by atoms with Gasteiger partial charge in [-0.2, -0.15) is 0 Å². The Kier molecular flexibility index (Phi) is 3.78. The molecule has 0 aromatic carbocycles.